The number of unbranched alkanes of at least 4 members (excludes halogenated alkanes) is 1. The summed E-state index contributed by atoms with van der Waals surface area (Å²) in [5.41, 5.74) is 1.25. The number of allylic oxidation sites excluding steroid dienone is 2. The molecule has 0 aromatic rings. The normalized spacial score (nSPS) is 30.1. The summed E-state index contributed by atoms with van der Waals surface area (Å²) in [5.74, 6) is -0.106. The Balaban J connectivity index is 1.78. The van der Waals surface area contributed by atoms with Crippen LogP contribution in [0.5, 0.6) is 0 Å². The van der Waals surface area contributed by atoms with Gasteiger partial charge in [0.25, 0.3) is 0 Å². The predicted octanol–water partition coefficient (Wildman–Crippen LogP) is 3.27. The standard InChI is InChI=1S/C24H39NO5/c1-15(2)9-10-16(3)21(27)12-11-19-20-13-18(30-23(20)14-22(19)28)7-5-6-8-24(29)25-17(4)26/h9,11-12,16,18-23,27-28H,5-8,10,13-14H2,1-4H3,(H,25,26,29)/t16?,18-,19-,20-,21-,22-,23+/m1/s1. The first-order valence-corrected chi connectivity index (χ1v) is 11.3. The van der Waals surface area contributed by atoms with E-state index in [4.69, 9.17) is 4.74 Å². The maximum atomic E-state index is 11.5. The Hall–Kier alpha value is -1.50. The summed E-state index contributed by atoms with van der Waals surface area (Å²) in [6.07, 6.45) is 10.5. The van der Waals surface area contributed by atoms with Crippen LogP contribution in [-0.2, 0) is 14.3 Å². The van der Waals surface area contributed by atoms with Crippen LogP contribution in [0.4, 0.5) is 0 Å². The third-order valence-electron chi connectivity index (χ3n) is 6.30. The van der Waals surface area contributed by atoms with Gasteiger partial charge in [0.1, 0.15) is 0 Å². The van der Waals surface area contributed by atoms with Gasteiger partial charge in [-0.3, -0.25) is 14.9 Å². The molecule has 3 N–H and O–H groups in total. The number of fused-ring (bicyclic) bond motifs is 1. The molecule has 2 aliphatic rings. The first-order chi connectivity index (χ1) is 14.2. The van der Waals surface area contributed by atoms with Gasteiger partial charge in [-0.05, 0) is 51.4 Å². The number of aliphatic hydroxyl groups is 2. The summed E-state index contributed by atoms with van der Waals surface area (Å²) in [4.78, 5) is 22.4. The molecule has 0 spiro atoms. The van der Waals surface area contributed by atoms with Crippen LogP contribution in [0, 0.1) is 17.8 Å². The Morgan fingerprint density at radius 1 is 1.20 bits per heavy atom. The van der Waals surface area contributed by atoms with Gasteiger partial charge >= 0.3 is 0 Å². The van der Waals surface area contributed by atoms with Gasteiger partial charge in [-0.15, -0.1) is 0 Å². The average Bonchev–Trinajstić information content (AvgIpc) is 3.17. The second kappa shape index (κ2) is 11.8. The third-order valence-corrected chi connectivity index (χ3v) is 6.30. The van der Waals surface area contributed by atoms with E-state index in [-0.39, 0.29) is 41.8 Å². The summed E-state index contributed by atoms with van der Waals surface area (Å²) >= 11 is 0. The molecule has 0 aromatic carbocycles. The Bertz CT molecular complexity index is 640. The van der Waals surface area contributed by atoms with Gasteiger partial charge in [0.2, 0.25) is 11.8 Å². The first-order valence-electron chi connectivity index (χ1n) is 11.3. The second-order valence-corrected chi connectivity index (χ2v) is 9.30. The number of hydrogen-bond donors (Lipinski definition) is 3. The number of aliphatic hydroxyl groups excluding tert-OH is 2. The van der Waals surface area contributed by atoms with E-state index < -0.39 is 12.2 Å². The molecule has 1 saturated carbocycles. The highest BCUT2D eigenvalue weighted by atomic mass is 16.5. The molecule has 7 atom stereocenters. The Morgan fingerprint density at radius 2 is 1.93 bits per heavy atom. The van der Waals surface area contributed by atoms with E-state index in [1.54, 1.807) is 0 Å². The van der Waals surface area contributed by atoms with E-state index >= 15 is 0 Å². The molecule has 6 nitrogen and oxygen atoms in total. The molecule has 1 aliphatic heterocycles. The van der Waals surface area contributed by atoms with Gasteiger partial charge in [0, 0.05) is 25.7 Å². The highest BCUT2D eigenvalue weighted by Gasteiger charge is 2.47. The van der Waals surface area contributed by atoms with Crippen molar-refractivity contribution in [3.05, 3.63) is 23.8 Å². The van der Waals surface area contributed by atoms with Crippen molar-refractivity contribution in [2.75, 3.05) is 0 Å². The van der Waals surface area contributed by atoms with Gasteiger partial charge in [0.05, 0.1) is 24.4 Å². The molecule has 2 rings (SSSR count). The summed E-state index contributed by atoms with van der Waals surface area (Å²) in [6.45, 7) is 7.49. The van der Waals surface area contributed by atoms with Crippen LogP contribution >= 0.6 is 0 Å². The lowest BCUT2D eigenvalue weighted by Gasteiger charge is -2.19. The average molecular weight is 422 g/mol. The van der Waals surface area contributed by atoms with Gasteiger partial charge in [0.15, 0.2) is 0 Å². The van der Waals surface area contributed by atoms with Gasteiger partial charge in [-0.2, -0.15) is 0 Å². The maximum absolute atomic E-state index is 11.5. The molecule has 2 fully saturated rings. The predicted molar refractivity (Wildman–Crippen MR) is 117 cm³/mol. The zero-order valence-electron chi connectivity index (χ0n) is 18.8. The van der Waals surface area contributed by atoms with E-state index in [1.165, 1.54) is 12.5 Å². The third kappa shape index (κ3) is 7.64. The molecule has 1 aliphatic carbocycles. The van der Waals surface area contributed by atoms with Crippen molar-refractivity contribution in [3.63, 3.8) is 0 Å². The van der Waals surface area contributed by atoms with Crippen LogP contribution in [-0.4, -0.2) is 46.4 Å². The van der Waals surface area contributed by atoms with Gasteiger partial charge in [-0.1, -0.05) is 37.1 Å². The molecule has 1 saturated heterocycles. The van der Waals surface area contributed by atoms with Crippen molar-refractivity contribution in [2.24, 2.45) is 17.8 Å². The molecule has 0 bridgehead atoms. The van der Waals surface area contributed by atoms with E-state index in [0.29, 0.717) is 12.8 Å². The second-order valence-electron chi connectivity index (χ2n) is 9.30. The van der Waals surface area contributed by atoms with Crippen LogP contribution in [0.2, 0.25) is 0 Å². The number of imide groups is 1. The number of amides is 2. The maximum Gasteiger partial charge on any atom is 0.226 e. The van der Waals surface area contributed by atoms with Crippen LogP contribution in [0.25, 0.3) is 0 Å². The molecular formula is C24H39NO5. The minimum atomic E-state index is -0.522. The lowest BCUT2D eigenvalue weighted by Crippen LogP contribution is -2.27. The number of carbonyl (C=O) groups excluding carboxylic acids is 2. The summed E-state index contributed by atoms with van der Waals surface area (Å²) < 4.78 is 6.16. The van der Waals surface area contributed by atoms with E-state index in [9.17, 15) is 19.8 Å². The largest absolute Gasteiger partial charge is 0.392 e. The van der Waals surface area contributed by atoms with E-state index in [2.05, 4.69) is 25.2 Å². The van der Waals surface area contributed by atoms with Gasteiger partial charge < -0.3 is 14.9 Å². The smallest absolute Gasteiger partial charge is 0.226 e. The van der Waals surface area contributed by atoms with Crippen LogP contribution < -0.4 is 5.32 Å². The number of nitrogens with one attached hydrogen (secondary N) is 1. The molecule has 1 unspecified atom stereocenters. The number of hydrogen-bond acceptors (Lipinski definition) is 5. The molecular weight excluding hydrogens is 382 g/mol. The van der Waals surface area contributed by atoms with Crippen molar-refractivity contribution in [1.29, 1.82) is 0 Å². The van der Waals surface area contributed by atoms with Crippen LogP contribution in [0.1, 0.15) is 72.6 Å². The molecule has 0 radical (unpaired) electrons. The highest BCUT2D eigenvalue weighted by Crippen LogP contribution is 2.45. The summed E-state index contributed by atoms with van der Waals surface area (Å²) in [6, 6.07) is 0. The Kier molecular flexibility index (Phi) is 9.72. The fraction of sp³-hybridized carbons (Fsp3) is 0.750. The Labute approximate surface area is 180 Å². The van der Waals surface area contributed by atoms with Crippen molar-refractivity contribution >= 4 is 11.8 Å². The van der Waals surface area contributed by atoms with E-state index in [0.717, 1.165) is 32.1 Å². The Morgan fingerprint density at radius 3 is 2.60 bits per heavy atom. The van der Waals surface area contributed by atoms with Crippen molar-refractivity contribution in [2.45, 2.75) is 97.1 Å². The molecule has 1 heterocycles. The van der Waals surface area contributed by atoms with Gasteiger partial charge in [-0.25, -0.2) is 0 Å². The molecule has 170 valence electrons. The molecule has 0 aromatic heterocycles. The fourth-order valence-corrected chi connectivity index (χ4v) is 4.54. The molecule has 30 heavy (non-hydrogen) atoms. The lowest BCUT2D eigenvalue weighted by atomic mass is 9.88. The lowest BCUT2D eigenvalue weighted by molar-refractivity contribution is -0.129. The van der Waals surface area contributed by atoms with E-state index in [1.807, 2.05) is 19.1 Å². The quantitative estimate of drug-likeness (QED) is 0.372. The van der Waals surface area contributed by atoms with Crippen LogP contribution in [0.15, 0.2) is 23.8 Å². The monoisotopic (exact) mass is 421 g/mol. The van der Waals surface area contributed by atoms with Crippen LogP contribution in [0.3, 0.4) is 0 Å². The van der Waals surface area contributed by atoms with Crippen molar-refractivity contribution < 1.29 is 24.5 Å². The topological polar surface area (TPSA) is 95.9 Å². The summed E-state index contributed by atoms with van der Waals surface area (Å²) in [5, 5.41) is 23.2. The fourth-order valence-electron chi connectivity index (χ4n) is 4.54. The zero-order chi connectivity index (χ0) is 22.3. The molecule has 6 heteroatoms. The first kappa shape index (κ1) is 24.8. The highest BCUT2D eigenvalue weighted by molar-refractivity contribution is 5.93. The SMILES string of the molecule is CC(=O)NC(=O)CCCC[C@@H]1C[C@@H]2[C@@H](C=C[C@@H](O)C(C)CC=C(C)C)[C@H](O)C[C@@H]2O1. The van der Waals surface area contributed by atoms with Crippen molar-refractivity contribution in [1.82, 2.24) is 5.32 Å². The minimum absolute atomic E-state index is 0.0200. The zero-order valence-corrected chi connectivity index (χ0v) is 18.8. The van der Waals surface area contributed by atoms with Crippen molar-refractivity contribution in [3.8, 4) is 0 Å². The number of ether oxygens (including phenoxy) is 1. The summed E-state index contributed by atoms with van der Waals surface area (Å²) in [7, 11) is 0. The number of carbonyl (C=O) groups is 2. The molecule has 2 amide bonds. The minimum Gasteiger partial charge on any atom is -0.392 e. The number of rotatable bonds is 10.